The molecule has 0 bridgehead atoms. The number of para-hydroxylation sites is 1. The minimum atomic E-state index is -0.664. The van der Waals surface area contributed by atoms with Gasteiger partial charge < -0.3 is 20.3 Å². The molecular formula is C22H28N4O3. The highest BCUT2D eigenvalue weighted by Crippen LogP contribution is 2.24. The number of carbonyl (C=O) groups is 2. The van der Waals surface area contributed by atoms with Gasteiger partial charge in [-0.05, 0) is 36.9 Å². The Labute approximate surface area is 171 Å². The Kier molecular flexibility index (Phi) is 7.21. The van der Waals surface area contributed by atoms with Crippen LogP contribution < -0.4 is 15.4 Å². The lowest BCUT2D eigenvalue weighted by Crippen LogP contribution is -2.49. The molecule has 2 amide bonds. The number of nitrogens with zero attached hydrogens (tertiary/aromatic N) is 2. The molecule has 2 N–H and O–H groups in total. The molecule has 0 unspecified atom stereocenters. The van der Waals surface area contributed by atoms with E-state index < -0.39 is 11.8 Å². The molecule has 29 heavy (non-hydrogen) atoms. The molecule has 1 heterocycles. The highest BCUT2D eigenvalue weighted by molar-refractivity contribution is 6.39. The maximum absolute atomic E-state index is 12.3. The van der Waals surface area contributed by atoms with Gasteiger partial charge >= 0.3 is 11.8 Å². The van der Waals surface area contributed by atoms with E-state index >= 15 is 0 Å². The standard InChI is InChI=1S/C22H28N4O3/c1-25-12-14-26(15-13-25)20(17-8-10-19(29-2)11-9-17)16-23-21(27)22(28)24-18-6-4-3-5-7-18/h3-11,20H,12-16H2,1-2H3,(H,23,27)(H,24,28)/t20-/m0/s1. The van der Waals surface area contributed by atoms with Crippen molar-refractivity contribution >= 4 is 17.5 Å². The highest BCUT2D eigenvalue weighted by Gasteiger charge is 2.25. The molecule has 3 rings (SSSR count). The second-order valence-electron chi connectivity index (χ2n) is 7.16. The van der Waals surface area contributed by atoms with Crippen molar-refractivity contribution in [1.29, 1.82) is 0 Å². The molecule has 1 atom stereocenters. The molecule has 0 aromatic heterocycles. The van der Waals surface area contributed by atoms with Crippen LogP contribution in [-0.2, 0) is 9.59 Å². The summed E-state index contributed by atoms with van der Waals surface area (Å²) in [6, 6.07) is 16.8. The fourth-order valence-corrected chi connectivity index (χ4v) is 3.40. The van der Waals surface area contributed by atoms with E-state index in [4.69, 9.17) is 4.74 Å². The molecule has 1 fully saturated rings. The normalized spacial score (nSPS) is 16.1. The van der Waals surface area contributed by atoms with Crippen molar-refractivity contribution in [3.63, 3.8) is 0 Å². The first-order valence-corrected chi connectivity index (χ1v) is 9.77. The third-order valence-corrected chi connectivity index (χ3v) is 5.17. The van der Waals surface area contributed by atoms with Crippen LogP contribution in [0.1, 0.15) is 11.6 Å². The molecule has 1 aliphatic heterocycles. The summed E-state index contributed by atoms with van der Waals surface area (Å²) in [5.41, 5.74) is 1.68. The lowest BCUT2D eigenvalue weighted by atomic mass is 10.0. The smallest absolute Gasteiger partial charge is 0.313 e. The van der Waals surface area contributed by atoms with E-state index in [-0.39, 0.29) is 6.04 Å². The zero-order valence-corrected chi connectivity index (χ0v) is 16.9. The van der Waals surface area contributed by atoms with Gasteiger partial charge in [0.05, 0.1) is 13.2 Å². The number of likely N-dealkylation sites (N-methyl/N-ethyl adjacent to an activating group) is 1. The predicted molar refractivity (Wildman–Crippen MR) is 113 cm³/mol. The van der Waals surface area contributed by atoms with Gasteiger partial charge in [-0.1, -0.05) is 30.3 Å². The number of methoxy groups -OCH3 is 1. The molecule has 0 saturated carbocycles. The van der Waals surface area contributed by atoms with E-state index in [9.17, 15) is 9.59 Å². The molecule has 0 spiro atoms. The first kappa shape index (κ1) is 20.8. The van der Waals surface area contributed by atoms with Crippen LogP contribution in [-0.4, -0.2) is 68.5 Å². The Hall–Kier alpha value is -2.90. The van der Waals surface area contributed by atoms with Crippen LogP contribution in [0.25, 0.3) is 0 Å². The third-order valence-electron chi connectivity index (χ3n) is 5.17. The Morgan fingerprint density at radius 1 is 0.966 bits per heavy atom. The number of rotatable bonds is 6. The Bertz CT molecular complexity index is 803. The van der Waals surface area contributed by atoms with Gasteiger partial charge in [0.1, 0.15) is 5.75 Å². The fraction of sp³-hybridized carbons (Fsp3) is 0.364. The number of amides is 2. The summed E-state index contributed by atoms with van der Waals surface area (Å²) in [7, 11) is 3.74. The number of piperazine rings is 1. The first-order valence-electron chi connectivity index (χ1n) is 9.77. The largest absolute Gasteiger partial charge is 0.497 e. The van der Waals surface area contributed by atoms with Gasteiger partial charge in [-0.3, -0.25) is 14.5 Å². The molecule has 0 aliphatic carbocycles. The Morgan fingerprint density at radius 2 is 1.62 bits per heavy atom. The number of anilines is 1. The van der Waals surface area contributed by atoms with E-state index in [0.717, 1.165) is 37.5 Å². The summed E-state index contributed by atoms with van der Waals surface area (Å²) in [6.45, 7) is 4.10. The SMILES string of the molecule is COc1ccc([C@H](CNC(=O)C(=O)Nc2ccccc2)N2CCN(C)CC2)cc1. The van der Waals surface area contributed by atoms with Crippen molar-refractivity contribution in [2.24, 2.45) is 0 Å². The topological polar surface area (TPSA) is 73.9 Å². The number of hydrogen-bond donors (Lipinski definition) is 2. The highest BCUT2D eigenvalue weighted by atomic mass is 16.5. The number of hydrogen-bond acceptors (Lipinski definition) is 5. The number of carbonyl (C=O) groups excluding carboxylic acids is 2. The average Bonchev–Trinajstić information content (AvgIpc) is 2.76. The van der Waals surface area contributed by atoms with Gasteiger partial charge in [-0.15, -0.1) is 0 Å². The Morgan fingerprint density at radius 3 is 2.24 bits per heavy atom. The average molecular weight is 396 g/mol. The molecule has 2 aromatic rings. The zero-order chi connectivity index (χ0) is 20.6. The van der Waals surface area contributed by atoms with Gasteiger partial charge in [0.15, 0.2) is 0 Å². The predicted octanol–water partition coefficient (Wildman–Crippen LogP) is 1.74. The van der Waals surface area contributed by atoms with Gasteiger partial charge in [0, 0.05) is 38.4 Å². The van der Waals surface area contributed by atoms with Gasteiger partial charge in [0.2, 0.25) is 0 Å². The van der Waals surface area contributed by atoms with Gasteiger partial charge in [0.25, 0.3) is 0 Å². The van der Waals surface area contributed by atoms with E-state index in [1.165, 1.54) is 0 Å². The minimum absolute atomic E-state index is 0.0110. The van der Waals surface area contributed by atoms with Crippen molar-refractivity contribution in [3.05, 3.63) is 60.2 Å². The number of benzene rings is 2. The van der Waals surface area contributed by atoms with Crippen molar-refractivity contribution < 1.29 is 14.3 Å². The van der Waals surface area contributed by atoms with E-state index in [0.29, 0.717) is 12.2 Å². The van der Waals surface area contributed by atoms with Crippen molar-refractivity contribution in [2.75, 3.05) is 52.2 Å². The molecular weight excluding hydrogens is 368 g/mol. The summed E-state index contributed by atoms with van der Waals surface area (Å²) < 4.78 is 5.25. The first-order chi connectivity index (χ1) is 14.1. The molecule has 1 saturated heterocycles. The van der Waals surface area contributed by atoms with E-state index in [1.807, 2.05) is 30.3 Å². The summed E-state index contributed by atoms with van der Waals surface area (Å²) in [5, 5.41) is 5.42. The zero-order valence-electron chi connectivity index (χ0n) is 16.9. The summed E-state index contributed by atoms with van der Waals surface area (Å²) in [5.74, 6) is -0.512. The van der Waals surface area contributed by atoms with E-state index in [1.54, 1.807) is 31.4 Å². The molecule has 0 radical (unpaired) electrons. The van der Waals surface area contributed by atoms with Crippen molar-refractivity contribution in [3.8, 4) is 5.75 Å². The maximum atomic E-state index is 12.3. The maximum Gasteiger partial charge on any atom is 0.313 e. The minimum Gasteiger partial charge on any atom is -0.497 e. The van der Waals surface area contributed by atoms with Crippen LogP contribution in [0.3, 0.4) is 0 Å². The third kappa shape index (κ3) is 5.79. The molecule has 2 aromatic carbocycles. The monoisotopic (exact) mass is 396 g/mol. The van der Waals surface area contributed by atoms with Crippen molar-refractivity contribution in [2.45, 2.75) is 6.04 Å². The van der Waals surface area contributed by atoms with E-state index in [2.05, 4.69) is 27.5 Å². The second-order valence-corrected chi connectivity index (χ2v) is 7.16. The van der Waals surface area contributed by atoms with Gasteiger partial charge in [-0.25, -0.2) is 0 Å². The summed E-state index contributed by atoms with van der Waals surface area (Å²) in [4.78, 5) is 29.2. The van der Waals surface area contributed by atoms with Crippen LogP contribution in [0.5, 0.6) is 5.75 Å². The molecule has 1 aliphatic rings. The lowest BCUT2D eigenvalue weighted by Gasteiger charge is -2.38. The van der Waals surface area contributed by atoms with Crippen LogP contribution in [0, 0.1) is 0 Å². The van der Waals surface area contributed by atoms with Crippen LogP contribution in [0.4, 0.5) is 5.69 Å². The van der Waals surface area contributed by atoms with Crippen LogP contribution in [0.15, 0.2) is 54.6 Å². The van der Waals surface area contributed by atoms with Crippen LogP contribution >= 0.6 is 0 Å². The number of nitrogens with one attached hydrogen (secondary N) is 2. The van der Waals surface area contributed by atoms with Crippen molar-refractivity contribution in [1.82, 2.24) is 15.1 Å². The molecule has 154 valence electrons. The quantitative estimate of drug-likeness (QED) is 0.728. The summed E-state index contributed by atoms with van der Waals surface area (Å²) in [6.07, 6.45) is 0. The fourth-order valence-electron chi connectivity index (χ4n) is 3.40. The van der Waals surface area contributed by atoms with Crippen LogP contribution in [0.2, 0.25) is 0 Å². The Balaban J connectivity index is 1.65. The molecule has 7 heteroatoms. The van der Waals surface area contributed by atoms with Gasteiger partial charge in [-0.2, -0.15) is 0 Å². The summed E-state index contributed by atoms with van der Waals surface area (Å²) >= 11 is 0. The molecule has 7 nitrogen and oxygen atoms in total. The second kappa shape index (κ2) is 10.0. The lowest BCUT2D eigenvalue weighted by molar-refractivity contribution is -0.136. The number of ether oxygens (including phenoxy) is 1.